The Morgan fingerprint density at radius 1 is 0.846 bits per heavy atom. The van der Waals surface area contributed by atoms with E-state index in [0.29, 0.717) is 25.5 Å². The number of ether oxygens (including phenoxy) is 1. The second-order valence-electron chi connectivity index (χ2n) is 11.1. The lowest BCUT2D eigenvalue weighted by atomic mass is 10.0. The molecule has 0 aromatic heterocycles. The minimum Gasteiger partial charge on any atom is -0.489 e. The third kappa shape index (κ3) is 9.83. The van der Waals surface area contributed by atoms with Crippen molar-refractivity contribution in [2.24, 2.45) is 5.92 Å². The Balaban J connectivity index is 1.44. The average Bonchev–Trinajstić information content (AvgIpc) is 2.96. The zero-order valence-electron chi connectivity index (χ0n) is 23.7. The lowest BCUT2D eigenvalue weighted by Gasteiger charge is -2.33. The highest BCUT2D eigenvalue weighted by Crippen LogP contribution is 2.19. The normalized spacial score (nSPS) is 14.9. The van der Waals surface area contributed by atoms with Crippen molar-refractivity contribution in [3.8, 4) is 5.75 Å². The summed E-state index contributed by atoms with van der Waals surface area (Å²) in [6, 6.07) is 28.7. The highest BCUT2D eigenvalue weighted by atomic mass is 16.5. The van der Waals surface area contributed by atoms with Gasteiger partial charge >= 0.3 is 0 Å². The molecule has 1 heterocycles. The summed E-state index contributed by atoms with van der Waals surface area (Å²) in [5, 5.41) is 3.29. The molecule has 1 unspecified atom stereocenters. The van der Waals surface area contributed by atoms with Gasteiger partial charge in [0, 0.05) is 26.2 Å². The molecule has 4 rings (SSSR count). The van der Waals surface area contributed by atoms with Crippen LogP contribution in [0.5, 0.6) is 5.75 Å². The lowest BCUT2D eigenvalue weighted by molar-refractivity contribution is -0.127. The van der Waals surface area contributed by atoms with Crippen LogP contribution >= 0.6 is 0 Å². The maximum atomic E-state index is 13.7. The first-order chi connectivity index (χ1) is 19.1. The summed E-state index contributed by atoms with van der Waals surface area (Å²) in [5.74, 6) is 1.41. The minimum absolute atomic E-state index is 0.119. The summed E-state index contributed by atoms with van der Waals surface area (Å²) in [5.41, 5.74) is 3.52. The summed E-state index contributed by atoms with van der Waals surface area (Å²) < 4.78 is 5.99. The first kappa shape index (κ1) is 28.8. The molecule has 0 aliphatic carbocycles. The number of nitrogens with one attached hydrogen (secondary N) is 1. The standard InChI is InChI=1S/C34H45N3O2/c1-28(2)25-37(26-30-12-6-3-7-13-30)33(34(38)35-20-23-36-21-10-5-11-22-36)24-29-16-18-32(19-17-29)39-27-31-14-8-4-9-15-31/h3-4,6-9,12-19,28,33H,5,10-11,20-27H2,1-2H3,(H,35,38). The van der Waals surface area contributed by atoms with Crippen LogP contribution in [0.4, 0.5) is 0 Å². The molecule has 1 N–H and O–H groups in total. The zero-order chi connectivity index (χ0) is 27.3. The number of piperidine rings is 1. The van der Waals surface area contributed by atoms with Crippen LogP contribution in [0.15, 0.2) is 84.9 Å². The van der Waals surface area contributed by atoms with E-state index in [1.54, 1.807) is 0 Å². The van der Waals surface area contributed by atoms with Gasteiger partial charge in [-0.05, 0) is 67.1 Å². The molecule has 39 heavy (non-hydrogen) atoms. The molecule has 1 aliphatic heterocycles. The monoisotopic (exact) mass is 527 g/mol. The molecule has 0 saturated carbocycles. The smallest absolute Gasteiger partial charge is 0.237 e. The number of carbonyl (C=O) groups is 1. The summed E-state index contributed by atoms with van der Waals surface area (Å²) >= 11 is 0. The Bertz CT molecular complexity index is 1100. The lowest BCUT2D eigenvalue weighted by Crippen LogP contribution is -2.50. The van der Waals surface area contributed by atoms with E-state index in [1.807, 2.05) is 36.4 Å². The van der Waals surface area contributed by atoms with Gasteiger partial charge in [-0.15, -0.1) is 0 Å². The summed E-state index contributed by atoms with van der Waals surface area (Å²) in [7, 11) is 0. The minimum atomic E-state index is -0.245. The highest BCUT2D eigenvalue weighted by Gasteiger charge is 2.27. The van der Waals surface area contributed by atoms with Crippen molar-refractivity contribution in [2.75, 3.05) is 32.7 Å². The molecule has 208 valence electrons. The second-order valence-corrected chi connectivity index (χ2v) is 11.1. The van der Waals surface area contributed by atoms with Gasteiger partial charge in [0.05, 0.1) is 6.04 Å². The van der Waals surface area contributed by atoms with Gasteiger partial charge in [-0.1, -0.05) is 93.1 Å². The number of hydrogen-bond donors (Lipinski definition) is 1. The molecule has 0 spiro atoms. The first-order valence-corrected chi connectivity index (χ1v) is 14.6. The molecule has 5 nitrogen and oxygen atoms in total. The topological polar surface area (TPSA) is 44.8 Å². The Labute approximate surface area is 235 Å². The maximum absolute atomic E-state index is 13.7. The molecule has 0 radical (unpaired) electrons. The largest absolute Gasteiger partial charge is 0.489 e. The number of rotatable bonds is 14. The van der Waals surface area contributed by atoms with Gasteiger partial charge < -0.3 is 15.0 Å². The number of hydrogen-bond acceptors (Lipinski definition) is 4. The fourth-order valence-corrected chi connectivity index (χ4v) is 5.30. The van der Waals surface area contributed by atoms with Crippen molar-refractivity contribution in [3.63, 3.8) is 0 Å². The van der Waals surface area contributed by atoms with Crippen LogP contribution < -0.4 is 10.1 Å². The fraction of sp³-hybridized carbons (Fsp3) is 0.441. The summed E-state index contributed by atoms with van der Waals surface area (Å²) in [6.07, 6.45) is 4.51. The Hall–Kier alpha value is -3.15. The fourth-order valence-electron chi connectivity index (χ4n) is 5.30. The molecule has 5 heteroatoms. The number of carbonyl (C=O) groups excluding carboxylic acids is 1. The molecule has 1 saturated heterocycles. The van der Waals surface area contributed by atoms with Crippen LogP contribution in [0.25, 0.3) is 0 Å². The van der Waals surface area contributed by atoms with E-state index >= 15 is 0 Å². The summed E-state index contributed by atoms with van der Waals surface area (Å²) in [4.78, 5) is 18.6. The molecular weight excluding hydrogens is 482 g/mol. The number of likely N-dealkylation sites (tertiary alicyclic amines) is 1. The molecule has 1 aliphatic rings. The van der Waals surface area contributed by atoms with Gasteiger partial charge in [0.1, 0.15) is 12.4 Å². The van der Waals surface area contributed by atoms with Crippen molar-refractivity contribution >= 4 is 5.91 Å². The molecule has 3 aromatic rings. The van der Waals surface area contributed by atoms with E-state index < -0.39 is 0 Å². The predicted molar refractivity (Wildman–Crippen MR) is 160 cm³/mol. The second kappa shape index (κ2) is 15.4. The number of nitrogens with zero attached hydrogens (tertiary/aromatic N) is 2. The Morgan fingerprint density at radius 3 is 2.13 bits per heavy atom. The van der Waals surface area contributed by atoms with Gasteiger partial charge in [-0.2, -0.15) is 0 Å². The van der Waals surface area contributed by atoms with Crippen molar-refractivity contribution in [1.29, 1.82) is 0 Å². The van der Waals surface area contributed by atoms with Gasteiger partial charge in [-0.3, -0.25) is 9.69 Å². The SMILES string of the molecule is CC(C)CN(Cc1ccccc1)C(Cc1ccc(OCc2ccccc2)cc1)C(=O)NCCN1CCCCC1. The van der Waals surface area contributed by atoms with Gasteiger partial charge in [0.2, 0.25) is 5.91 Å². The van der Waals surface area contributed by atoms with Gasteiger partial charge in [0.25, 0.3) is 0 Å². The van der Waals surface area contributed by atoms with Gasteiger partial charge in [0.15, 0.2) is 0 Å². The quantitative estimate of drug-likeness (QED) is 0.282. The van der Waals surface area contributed by atoms with E-state index in [2.05, 4.69) is 77.5 Å². The zero-order valence-corrected chi connectivity index (χ0v) is 23.7. The maximum Gasteiger partial charge on any atom is 0.237 e. The van der Waals surface area contributed by atoms with Crippen molar-refractivity contribution < 1.29 is 9.53 Å². The Kier molecular flexibility index (Phi) is 11.4. The van der Waals surface area contributed by atoms with Crippen LogP contribution in [0.2, 0.25) is 0 Å². The van der Waals surface area contributed by atoms with Crippen molar-refractivity contribution in [1.82, 2.24) is 15.1 Å². The first-order valence-electron chi connectivity index (χ1n) is 14.6. The van der Waals surface area contributed by atoms with Crippen molar-refractivity contribution in [2.45, 2.75) is 58.7 Å². The van der Waals surface area contributed by atoms with Gasteiger partial charge in [-0.25, -0.2) is 0 Å². The van der Waals surface area contributed by atoms with Crippen LogP contribution in [0.3, 0.4) is 0 Å². The molecule has 3 aromatic carbocycles. The molecule has 1 amide bonds. The molecular formula is C34H45N3O2. The van der Waals surface area contributed by atoms with E-state index in [1.165, 1.54) is 24.8 Å². The van der Waals surface area contributed by atoms with Crippen LogP contribution in [-0.2, 0) is 24.4 Å². The third-order valence-electron chi connectivity index (χ3n) is 7.35. The number of benzene rings is 3. The van der Waals surface area contributed by atoms with Crippen LogP contribution in [0, 0.1) is 5.92 Å². The predicted octanol–water partition coefficient (Wildman–Crippen LogP) is 5.94. The molecule has 1 atom stereocenters. The van der Waals surface area contributed by atoms with E-state index in [-0.39, 0.29) is 11.9 Å². The van der Waals surface area contributed by atoms with E-state index in [4.69, 9.17) is 4.74 Å². The van der Waals surface area contributed by atoms with Crippen LogP contribution in [0.1, 0.15) is 49.8 Å². The molecule has 0 bridgehead atoms. The van der Waals surface area contributed by atoms with E-state index in [0.717, 1.165) is 49.6 Å². The summed E-state index contributed by atoms with van der Waals surface area (Å²) in [6.45, 7) is 10.5. The van der Waals surface area contributed by atoms with Crippen molar-refractivity contribution in [3.05, 3.63) is 102 Å². The van der Waals surface area contributed by atoms with E-state index in [9.17, 15) is 4.79 Å². The molecule has 1 fully saturated rings. The van der Waals surface area contributed by atoms with Crippen LogP contribution in [-0.4, -0.2) is 54.5 Å². The third-order valence-corrected chi connectivity index (χ3v) is 7.35. The average molecular weight is 528 g/mol. The highest BCUT2D eigenvalue weighted by molar-refractivity contribution is 5.82. The Morgan fingerprint density at radius 2 is 1.49 bits per heavy atom. The number of amides is 1.